The second-order valence-electron chi connectivity index (χ2n) is 8.60. The minimum atomic E-state index is -3.58. The van der Waals surface area contributed by atoms with Gasteiger partial charge in [0.05, 0.1) is 27.6 Å². The Morgan fingerprint density at radius 2 is 2.06 bits per heavy atom. The molecule has 2 aromatic rings. The van der Waals surface area contributed by atoms with Crippen LogP contribution in [-0.2, 0) is 21.4 Å². The summed E-state index contributed by atoms with van der Waals surface area (Å²) in [4.78, 5) is 31.8. The fourth-order valence-corrected chi connectivity index (χ4v) is 6.34. The van der Waals surface area contributed by atoms with Crippen LogP contribution in [0.4, 0.5) is 10.8 Å². The standard InChI is InChI=1S/C22H28N4O4S2/c1-5-8-32(29,30)25-18-10-16(20-12(2)23-22(31-20)24-14(4)27)9-17-11-26(21(28)19(17)18)13(3)15-6-7-15/h9-10,13,15,25H,5-8,11H2,1-4H3,(H,23,24,27)/t13-/m0/s1. The van der Waals surface area contributed by atoms with Gasteiger partial charge in [-0.15, -0.1) is 0 Å². The van der Waals surface area contributed by atoms with Gasteiger partial charge in [-0.1, -0.05) is 18.3 Å². The summed E-state index contributed by atoms with van der Waals surface area (Å²) in [6.45, 7) is 7.59. The SMILES string of the molecule is CCCS(=O)(=O)Nc1cc(-c2sc(NC(C)=O)nc2C)cc2c1C(=O)N([C@@H](C)C1CC1)C2. The lowest BCUT2D eigenvalue weighted by Crippen LogP contribution is -2.35. The predicted molar refractivity (Wildman–Crippen MR) is 126 cm³/mol. The van der Waals surface area contributed by atoms with E-state index in [1.165, 1.54) is 18.3 Å². The van der Waals surface area contributed by atoms with Crippen molar-refractivity contribution in [1.29, 1.82) is 0 Å². The van der Waals surface area contributed by atoms with Gasteiger partial charge in [0.25, 0.3) is 5.91 Å². The van der Waals surface area contributed by atoms with E-state index in [4.69, 9.17) is 0 Å². The molecule has 1 aliphatic heterocycles. The van der Waals surface area contributed by atoms with Gasteiger partial charge >= 0.3 is 0 Å². The van der Waals surface area contributed by atoms with Gasteiger partial charge in [-0.05, 0) is 62.3 Å². The fourth-order valence-electron chi connectivity index (χ4n) is 4.21. The molecule has 172 valence electrons. The first-order valence-electron chi connectivity index (χ1n) is 10.8. The Morgan fingerprint density at radius 3 is 2.69 bits per heavy atom. The van der Waals surface area contributed by atoms with Crippen molar-refractivity contribution in [3.63, 3.8) is 0 Å². The van der Waals surface area contributed by atoms with Crippen LogP contribution in [-0.4, -0.2) is 41.9 Å². The Morgan fingerprint density at radius 1 is 1.34 bits per heavy atom. The van der Waals surface area contributed by atoms with Crippen molar-refractivity contribution >= 4 is 44.0 Å². The number of sulfonamides is 1. The molecular formula is C22H28N4O4S2. The lowest BCUT2D eigenvalue weighted by atomic mass is 10.0. The molecule has 4 rings (SSSR count). The number of aryl methyl sites for hydroxylation is 1. The van der Waals surface area contributed by atoms with E-state index >= 15 is 0 Å². The van der Waals surface area contributed by atoms with Crippen LogP contribution in [0.2, 0.25) is 0 Å². The fraction of sp³-hybridized carbons (Fsp3) is 0.500. The third kappa shape index (κ3) is 4.52. The summed E-state index contributed by atoms with van der Waals surface area (Å²) in [7, 11) is -3.58. The molecule has 10 heteroatoms. The number of amides is 2. The minimum absolute atomic E-state index is 0.0192. The van der Waals surface area contributed by atoms with E-state index in [0.717, 1.165) is 34.5 Å². The Bertz CT molecular complexity index is 1180. The third-order valence-corrected chi connectivity index (χ3v) is 8.51. The van der Waals surface area contributed by atoms with E-state index in [0.29, 0.717) is 35.3 Å². The van der Waals surface area contributed by atoms with Gasteiger partial charge in [0.15, 0.2) is 5.13 Å². The van der Waals surface area contributed by atoms with E-state index in [1.54, 1.807) is 13.0 Å². The molecule has 0 unspecified atom stereocenters. The van der Waals surface area contributed by atoms with Crippen LogP contribution >= 0.6 is 11.3 Å². The van der Waals surface area contributed by atoms with Gasteiger partial charge in [-0.25, -0.2) is 13.4 Å². The zero-order valence-electron chi connectivity index (χ0n) is 18.7. The van der Waals surface area contributed by atoms with Crippen LogP contribution in [0.25, 0.3) is 10.4 Å². The van der Waals surface area contributed by atoms with Crippen LogP contribution in [0.3, 0.4) is 0 Å². The molecule has 1 aliphatic carbocycles. The van der Waals surface area contributed by atoms with Gasteiger partial charge in [0.2, 0.25) is 15.9 Å². The molecule has 0 saturated heterocycles. The number of thiazole rings is 1. The number of benzene rings is 1. The molecular weight excluding hydrogens is 448 g/mol. The highest BCUT2D eigenvalue weighted by Crippen LogP contribution is 2.42. The zero-order chi connectivity index (χ0) is 23.2. The van der Waals surface area contributed by atoms with Crippen molar-refractivity contribution in [1.82, 2.24) is 9.88 Å². The Balaban J connectivity index is 1.78. The largest absolute Gasteiger partial charge is 0.331 e. The molecule has 0 radical (unpaired) electrons. The van der Waals surface area contributed by atoms with Crippen molar-refractivity contribution in [3.05, 3.63) is 29.0 Å². The van der Waals surface area contributed by atoms with Crippen molar-refractivity contribution in [3.8, 4) is 10.4 Å². The second kappa shape index (κ2) is 8.47. The summed E-state index contributed by atoms with van der Waals surface area (Å²) >= 11 is 1.33. The summed E-state index contributed by atoms with van der Waals surface area (Å²) in [5.74, 6) is 0.161. The number of hydrogen-bond acceptors (Lipinski definition) is 6. The Kier molecular flexibility index (Phi) is 6.02. The van der Waals surface area contributed by atoms with E-state index in [1.807, 2.05) is 17.9 Å². The summed E-state index contributed by atoms with van der Waals surface area (Å²) in [6.07, 6.45) is 2.72. The lowest BCUT2D eigenvalue weighted by Gasteiger charge is -2.24. The summed E-state index contributed by atoms with van der Waals surface area (Å²) in [5, 5.41) is 3.19. The van der Waals surface area contributed by atoms with E-state index < -0.39 is 10.0 Å². The normalized spacial score (nSPS) is 16.8. The van der Waals surface area contributed by atoms with E-state index in [2.05, 4.69) is 21.9 Å². The highest BCUT2D eigenvalue weighted by atomic mass is 32.2. The maximum absolute atomic E-state index is 13.3. The summed E-state index contributed by atoms with van der Waals surface area (Å²) < 4.78 is 27.8. The first-order valence-corrected chi connectivity index (χ1v) is 13.3. The van der Waals surface area contributed by atoms with Gasteiger partial charge in [0, 0.05) is 19.5 Å². The highest BCUT2D eigenvalue weighted by Gasteiger charge is 2.40. The molecule has 32 heavy (non-hydrogen) atoms. The average Bonchev–Trinajstić information content (AvgIpc) is 3.40. The van der Waals surface area contributed by atoms with Crippen molar-refractivity contribution in [2.24, 2.45) is 5.92 Å². The van der Waals surface area contributed by atoms with Crippen molar-refractivity contribution in [2.45, 2.75) is 59.5 Å². The molecule has 1 aromatic heterocycles. The monoisotopic (exact) mass is 476 g/mol. The van der Waals surface area contributed by atoms with Gasteiger partial charge in [-0.2, -0.15) is 0 Å². The maximum atomic E-state index is 13.3. The molecule has 2 heterocycles. The molecule has 0 bridgehead atoms. The molecule has 1 saturated carbocycles. The Hall–Kier alpha value is -2.46. The van der Waals surface area contributed by atoms with E-state index in [9.17, 15) is 18.0 Å². The first kappa shape index (κ1) is 22.7. The minimum Gasteiger partial charge on any atom is -0.331 e. The highest BCUT2D eigenvalue weighted by molar-refractivity contribution is 7.92. The van der Waals surface area contributed by atoms with Crippen LogP contribution < -0.4 is 10.0 Å². The summed E-state index contributed by atoms with van der Waals surface area (Å²) in [5.41, 5.74) is 3.07. The molecule has 2 N–H and O–H groups in total. The smallest absolute Gasteiger partial charge is 0.256 e. The van der Waals surface area contributed by atoms with E-state index in [-0.39, 0.29) is 23.6 Å². The third-order valence-electron chi connectivity index (χ3n) is 5.91. The number of nitrogens with zero attached hydrogens (tertiary/aromatic N) is 2. The topological polar surface area (TPSA) is 108 Å². The number of carbonyl (C=O) groups is 2. The number of fused-ring (bicyclic) bond motifs is 1. The molecule has 1 aromatic carbocycles. The molecule has 0 spiro atoms. The number of hydrogen-bond donors (Lipinski definition) is 2. The number of anilines is 2. The number of carbonyl (C=O) groups excluding carboxylic acids is 2. The number of rotatable bonds is 8. The quantitative estimate of drug-likeness (QED) is 0.599. The van der Waals surface area contributed by atoms with Gasteiger partial charge < -0.3 is 10.2 Å². The van der Waals surface area contributed by atoms with Gasteiger partial charge in [0.1, 0.15) is 0 Å². The van der Waals surface area contributed by atoms with Gasteiger partial charge in [-0.3, -0.25) is 14.3 Å². The summed E-state index contributed by atoms with van der Waals surface area (Å²) in [6, 6.07) is 3.78. The molecule has 2 aliphatic rings. The molecule has 2 amide bonds. The first-order chi connectivity index (χ1) is 15.1. The van der Waals surface area contributed by atoms with Crippen LogP contribution in [0.5, 0.6) is 0 Å². The maximum Gasteiger partial charge on any atom is 0.256 e. The van der Waals surface area contributed by atoms with Crippen LogP contribution in [0.15, 0.2) is 12.1 Å². The predicted octanol–water partition coefficient (Wildman–Crippen LogP) is 3.98. The lowest BCUT2D eigenvalue weighted by molar-refractivity contribution is -0.114. The zero-order valence-corrected chi connectivity index (χ0v) is 20.3. The molecule has 1 atom stereocenters. The van der Waals surface area contributed by atoms with Crippen molar-refractivity contribution in [2.75, 3.05) is 15.8 Å². The van der Waals surface area contributed by atoms with Crippen LogP contribution in [0.1, 0.15) is 61.6 Å². The number of nitrogens with one attached hydrogen (secondary N) is 2. The molecule has 1 fully saturated rings. The van der Waals surface area contributed by atoms with Crippen molar-refractivity contribution < 1.29 is 18.0 Å². The Labute approximate surface area is 192 Å². The van der Waals surface area contributed by atoms with Crippen LogP contribution in [0, 0.1) is 12.8 Å². The second-order valence-corrected chi connectivity index (χ2v) is 11.4. The average molecular weight is 477 g/mol. The number of aromatic nitrogens is 1. The molecule has 8 nitrogen and oxygen atoms in total.